The molecular formula is C17H23N3O3. The van der Waals surface area contributed by atoms with Gasteiger partial charge in [0.25, 0.3) is 0 Å². The van der Waals surface area contributed by atoms with Crippen molar-refractivity contribution in [3.05, 3.63) is 29.8 Å². The maximum absolute atomic E-state index is 12.1. The molecule has 124 valence electrons. The lowest BCUT2D eigenvalue weighted by molar-refractivity contribution is -0.125. The number of nitrogens with zero attached hydrogens (tertiary/aromatic N) is 1. The summed E-state index contributed by atoms with van der Waals surface area (Å²) in [6, 6.07) is 7.38. The summed E-state index contributed by atoms with van der Waals surface area (Å²) < 4.78 is 0. The Morgan fingerprint density at radius 1 is 1.30 bits per heavy atom. The second-order valence-corrected chi connectivity index (χ2v) is 6.43. The van der Waals surface area contributed by atoms with Crippen molar-refractivity contribution in [2.75, 3.05) is 11.4 Å². The van der Waals surface area contributed by atoms with Crippen LogP contribution in [0, 0.1) is 5.92 Å². The highest BCUT2D eigenvalue weighted by Gasteiger charge is 2.34. The first-order valence-corrected chi connectivity index (χ1v) is 8.15. The Morgan fingerprint density at radius 3 is 2.61 bits per heavy atom. The number of anilines is 1. The number of hydrogen-bond acceptors (Lipinski definition) is 4. The first-order chi connectivity index (χ1) is 11.0. The molecule has 1 saturated heterocycles. The molecule has 0 radical (unpaired) electrons. The molecule has 0 bridgehead atoms. The number of amides is 2. The molecule has 0 unspecified atom stereocenters. The van der Waals surface area contributed by atoms with E-state index in [1.165, 1.54) is 0 Å². The Morgan fingerprint density at radius 2 is 2.04 bits per heavy atom. The summed E-state index contributed by atoms with van der Waals surface area (Å²) in [6.45, 7) is 1.22. The number of hydrogen-bond donors (Lipinski definition) is 3. The van der Waals surface area contributed by atoms with Crippen LogP contribution in [0.1, 0.15) is 31.2 Å². The van der Waals surface area contributed by atoms with Gasteiger partial charge in [-0.3, -0.25) is 9.59 Å². The average molecular weight is 317 g/mol. The third-order valence-corrected chi connectivity index (χ3v) is 4.74. The van der Waals surface area contributed by atoms with Crippen molar-refractivity contribution in [3.63, 3.8) is 0 Å². The normalized spacial score (nSPS) is 27.5. The van der Waals surface area contributed by atoms with E-state index in [0.29, 0.717) is 25.8 Å². The van der Waals surface area contributed by atoms with Gasteiger partial charge in [-0.1, -0.05) is 12.1 Å². The topological polar surface area (TPSA) is 95.7 Å². The van der Waals surface area contributed by atoms with Crippen LogP contribution in [0.3, 0.4) is 0 Å². The van der Waals surface area contributed by atoms with Gasteiger partial charge in [-0.15, -0.1) is 0 Å². The highest BCUT2D eigenvalue weighted by Crippen LogP contribution is 2.25. The van der Waals surface area contributed by atoms with E-state index in [4.69, 9.17) is 5.73 Å². The quantitative estimate of drug-likeness (QED) is 0.755. The van der Waals surface area contributed by atoms with Crippen molar-refractivity contribution in [3.8, 4) is 0 Å². The number of carbonyl (C=O) groups excluding carboxylic acids is 2. The van der Waals surface area contributed by atoms with Crippen molar-refractivity contribution in [2.24, 2.45) is 11.7 Å². The molecule has 1 aliphatic carbocycles. The van der Waals surface area contributed by atoms with E-state index in [1.54, 1.807) is 4.90 Å². The lowest BCUT2D eigenvalue weighted by Gasteiger charge is -2.16. The Kier molecular flexibility index (Phi) is 4.63. The van der Waals surface area contributed by atoms with Crippen LogP contribution in [-0.2, 0) is 16.1 Å². The number of rotatable bonds is 4. The van der Waals surface area contributed by atoms with E-state index in [2.05, 4.69) is 5.32 Å². The summed E-state index contributed by atoms with van der Waals surface area (Å²) in [5.74, 6) is -0.0977. The van der Waals surface area contributed by atoms with Gasteiger partial charge >= 0.3 is 0 Å². The summed E-state index contributed by atoms with van der Waals surface area (Å²) in [5, 5.41) is 12.5. The molecule has 2 aliphatic rings. The largest absolute Gasteiger partial charge is 0.391 e. The molecule has 6 nitrogen and oxygen atoms in total. The predicted molar refractivity (Wildman–Crippen MR) is 86.6 cm³/mol. The highest BCUT2D eigenvalue weighted by molar-refractivity contribution is 5.95. The first-order valence-electron chi connectivity index (χ1n) is 8.15. The van der Waals surface area contributed by atoms with Crippen LogP contribution in [0.4, 0.5) is 5.69 Å². The number of aliphatic hydroxyl groups excluding tert-OH is 1. The van der Waals surface area contributed by atoms with E-state index < -0.39 is 6.10 Å². The molecule has 0 spiro atoms. The van der Waals surface area contributed by atoms with E-state index >= 15 is 0 Å². The van der Waals surface area contributed by atoms with Crippen LogP contribution < -0.4 is 16.0 Å². The molecule has 6 heteroatoms. The van der Waals surface area contributed by atoms with Gasteiger partial charge in [0.15, 0.2) is 0 Å². The average Bonchev–Trinajstić information content (AvgIpc) is 3.12. The van der Waals surface area contributed by atoms with Crippen molar-refractivity contribution in [1.29, 1.82) is 0 Å². The fraction of sp³-hybridized carbons (Fsp3) is 0.529. The highest BCUT2D eigenvalue weighted by atomic mass is 16.3. The van der Waals surface area contributed by atoms with Crippen LogP contribution in [0.15, 0.2) is 24.3 Å². The van der Waals surface area contributed by atoms with Gasteiger partial charge in [-0.05, 0) is 37.0 Å². The molecule has 3 atom stereocenters. The van der Waals surface area contributed by atoms with E-state index in [9.17, 15) is 14.7 Å². The monoisotopic (exact) mass is 317 g/mol. The number of nitrogens with two attached hydrogens (primary N) is 1. The third-order valence-electron chi connectivity index (χ3n) is 4.74. The second kappa shape index (κ2) is 6.68. The standard InChI is InChI=1S/C17H23N3O3/c18-14-8-12(9-15(14)21)17(23)19-10-11-3-5-13(6-4-11)20-7-1-2-16(20)22/h3-6,12,14-15,21H,1-2,7-10,18H2,(H,19,23)/t12-,14+,15+/m0/s1. The number of aliphatic hydroxyl groups is 1. The smallest absolute Gasteiger partial charge is 0.227 e. The molecule has 4 N–H and O–H groups in total. The molecule has 1 aromatic rings. The molecule has 2 fully saturated rings. The Bertz CT molecular complexity index is 577. The second-order valence-electron chi connectivity index (χ2n) is 6.43. The molecule has 2 amide bonds. The summed E-state index contributed by atoms with van der Waals surface area (Å²) in [7, 11) is 0. The first kappa shape index (κ1) is 16.0. The van der Waals surface area contributed by atoms with Gasteiger partial charge in [0, 0.05) is 37.2 Å². The minimum Gasteiger partial charge on any atom is -0.391 e. The lowest BCUT2D eigenvalue weighted by Crippen LogP contribution is -2.30. The van der Waals surface area contributed by atoms with E-state index in [1.807, 2.05) is 24.3 Å². The third kappa shape index (κ3) is 3.54. The zero-order chi connectivity index (χ0) is 16.4. The zero-order valence-electron chi connectivity index (χ0n) is 13.1. The summed E-state index contributed by atoms with van der Waals surface area (Å²) in [5.41, 5.74) is 7.63. The van der Waals surface area contributed by atoms with Gasteiger partial charge in [-0.25, -0.2) is 0 Å². The van der Waals surface area contributed by atoms with Gasteiger partial charge in [0.2, 0.25) is 11.8 Å². The lowest BCUT2D eigenvalue weighted by atomic mass is 10.1. The molecule has 1 aromatic carbocycles. The maximum atomic E-state index is 12.1. The van der Waals surface area contributed by atoms with Gasteiger partial charge in [0.05, 0.1) is 6.10 Å². The molecular weight excluding hydrogens is 294 g/mol. The minimum atomic E-state index is -0.581. The van der Waals surface area contributed by atoms with Gasteiger partial charge in [0.1, 0.15) is 0 Å². The van der Waals surface area contributed by atoms with Crippen LogP contribution in [-0.4, -0.2) is 35.6 Å². The Labute approximate surface area is 135 Å². The number of carbonyl (C=O) groups is 2. The molecule has 23 heavy (non-hydrogen) atoms. The molecule has 1 heterocycles. The van der Waals surface area contributed by atoms with Crippen LogP contribution in [0.5, 0.6) is 0 Å². The Hall–Kier alpha value is -1.92. The number of benzene rings is 1. The predicted octanol–water partition coefficient (Wildman–Crippen LogP) is 0.528. The van der Waals surface area contributed by atoms with Gasteiger partial charge in [-0.2, -0.15) is 0 Å². The van der Waals surface area contributed by atoms with E-state index in [-0.39, 0.29) is 23.8 Å². The summed E-state index contributed by atoms with van der Waals surface area (Å²) in [6.07, 6.45) is 1.91. The molecule has 1 aliphatic heterocycles. The fourth-order valence-electron chi connectivity index (χ4n) is 3.31. The zero-order valence-corrected chi connectivity index (χ0v) is 13.1. The van der Waals surface area contributed by atoms with Crippen molar-refractivity contribution in [1.82, 2.24) is 5.32 Å². The van der Waals surface area contributed by atoms with Gasteiger partial charge < -0.3 is 21.1 Å². The fourth-order valence-corrected chi connectivity index (χ4v) is 3.31. The Balaban J connectivity index is 1.52. The number of nitrogens with one attached hydrogen (secondary N) is 1. The van der Waals surface area contributed by atoms with Crippen LogP contribution in [0.25, 0.3) is 0 Å². The van der Waals surface area contributed by atoms with Crippen molar-refractivity contribution < 1.29 is 14.7 Å². The van der Waals surface area contributed by atoms with Crippen LogP contribution in [0.2, 0.25) is 0 Å². The minimum absolute atomic E-state index is 0.0594. The molecule has 0 aromatic heterocycles. The SMILES string of the molecule is N[C@@H]1C[C@H](C(=O)NCc2ccc(N3CCCC3=O)cc2)C[C@H]1O. The summed E-state index contributed by atoms with van der Waals surface area (Å²) >= 11 is 0. The van der Waals surface area contributed by atoms with Crippen LogP contribution >= 0.6 is 0 Å². The molecule has 3 rings (SSSR count). The van der Waals surface area contributed by atoms with E-state index in [0.717, 1.165) is 24.2 Å². The maximum Gasteiger partial charge on any atom is 0.227 e. The van der Waals surface area contributed by atoms with Crippen molar-refractivity contribution >= 4 is 17.5 Å². The van der Waals surface area contributed by atoms with Crippen molar-refractivity contribution in [2.45, 2.75) is 44.4 Å². The molecule has 1 saturated carbocycles. The summed E-state index contributed by atoms with van der Waals surface area (Å²) in [4.78, 5) is 25.6.